The van der Waals surface area contributed by atoms with Crippen molar-refractivity contribution in [2.75, 3.05) is 20.3 Å². The van der Waals surface area contributed by atoms with E-state index >= 15 is 0 Å². The van der Waals surface area contributed by atoms with Crippen molar-refractivity contribution in [2.45, 2.75) is 94.7 Å². The van der Waals surface area contributed by atoms with Gasteiger partial charge in [-0.1, -0.05) is 50.9 Å². The highest BCUT2D eigenvalue weighted by Gasteiger charge is 2.78. The molecule has 1 spiro atoms. The Kier molecular flexibility index (Phi) is 6.58. The zero-order valence-corrected chi connectivity index (χ0v) is 18.1. The first-order chi connectivity index (χ1) is 14.1. The van der Waals surface area contributed by atoms with E-state index in [-0.39, 0.29) is 23.7 Å². The van der Waals surface area contributed by atoms with Crippen LogP contribution in [0.4, 0.5) is 0 Å². The number of hydrogen-bond donors (Lipinski definition) is 2. The number of unbranched alkanes of at least 4 members (excludes halogenated alkanes) is 1. The number of aliphatic hydroxyl groups excluding tert-OH is 2. The second kappa shape index (κ2) is 8.85. The average Bonchev–Trinajstić information content (AvgIpc) is 3.27. The highest BCUT2D eigenvalue weighted by molar-refractivity contribution is 5.27. The standard InChI is InChI=1S/C24H38O5/c1-3-4-10-19-22-18(11-12-20(25)17-8-6-5-7-9-17)21(26)13-14-23(22,27-2)24(19)28-15-16-29-24/h17-22,25-26H,3-10,13-16H2,1-2H3/t18-,19?,20+,21+,22-,23+/m0/s1. The molecule has 0 aromatic carbocycles. The van der Waals surface area contributed by atoms with Crippen LogP contribution in [0.3, 0.4) is 0 Å². The molecule has 3 saturated carbocycles. The predicted octanol–water partition coefficient (Wildman–Crippen LogP) is 3.27. The first kappa shape index (κ1) is 21.6. The van der Waals surface area contributed by atoms with Crippen molar-refractivity contribution in [1.29, 1.82) is 0 Å². The van der Waals surface area contributed by atoms with Gasteiger partial charge < -0.3 is 24.4 Å². The Morgan fingerprint density at radius 2 is 1.86 bits per heavy atom. The lowest BCUT2D eigenvalue weighted by Gasteiger charge is -2.68. The molecule has 1 saturated heterocycles. The van der Waals surface area contributed by atoms with Gasteiger partial charge in [0.15, 0.2) is 0 Å². The van der Waals surface area contributed by atoms with Gasteiger partial charge in [0.05, 0.1) is 25.2 Å². The largest absolute Gasteiger partial charge is 0.392 e. The number of fused-ring (bicyclic) bond motifs is 2. The Morgan fingerprint density at radius 1 is 1.14 bits per heavy atom. The van der Waals surface area contributed by atoms with Crippen LogP contribution < -0.4 is 0 Å². The number of hydrogen-bond acceptors (Lipinski definition) is 5. The van der Waals surface area contributed by atoms with Gasteiger partial charge in [0.1, 0.15) is 11.7 Å². The maximum atomic E-state index is 10.9. The van der Waals surface area contributed by atoms with Crippen molar-refractivity contribution in [3.8, 4) is 11.8 Å². The summed E-state index contributed by atoms with van der Waals surface area (Å²) in [4.78, 5) is 0. The highest BCUT2D eigenvalue weighted by Crippen LogP contribution is 2.66. The van der Waals surface area contributed by atoms with Gasteiger partial charge in [0, 0.05) is 18.9 Å². The molecule has 1 unspecified atom stereocenters. The van der Waals surface area contributed by atoms with E-state index in [9.17, 15) is 10.2 Å². The summed E-state index contributed by atoms with van der Waals surface area (Å²) in [5.41, 5.74) is -0.545. The van der Waals surface area contributed by atoms with E-state index < -0.39 is 23.6 Å². The third-order valence-electron chi connectivity index (χ3n) is 8.11. The Hall–Kier alpha value is -0.640. The minimum Gasteiger partial charge on any atom is -0.392 e. The molecule has 4 aliphatic rings. The van der Waals surface area contributed by atoms with Crippen molar-refractivity contribution in [2.24, 2.45) is 23.7 Å². The summed E-state index contributed by atoms with van der Waals surface area (Å²) in [6.45, 7) is 3.39. The first-order valence-corrected chi connectivity index (χ1v) is 11.8. The van der Waals surface area contributed by atoms with Crippen LogP contribution in [-0.4, -0.2) is 54.1 Å². The number of aliphatic hydroxyl groups is 2. The Balaban J connectivity index is 1.59. The molecule has 0 amide bonds. The van der Waals surface area contributed by atoms with Crippen LogP contribution in [0.25, 0.3) is 0 Å². The molecule has 2 N–H and O–H groups in total. The molecule has 0 aromatic rings. The van der Waals surface area contributed by atoms with Crippen LogP contribution in [0.2, 0.25) is 0 Å². The van der Waals surface area contributed by atoms with E-state index in [4.69, 9.17) is 14.2 Å². The molecule has 5 heteroatoms. The lowest BCUT2D eigenvalue weighted by atomic mass is 9.46. The van der Waals surface area contributed by atoms with E-state index in [1.54, 1.807) is 7.11 Å². The van der Waals surface area contributed by atoms with Crippen molar-refractivity contribution in [1.82, 2.24) is 0 Å². The minimum absolute atomic E-state index is 0.0759. The van der Waals surface area contributed by atoms with E-state index in [0.29, 0.717) is 19.6 Å². The fraction of sp³-hybridized carbons (Fsp3) is 0.917. The van der Waals surface area contributed by atoms with Gasteiger partial charge in [-0.05, 0) is 38.0 Å². The van der Waals surface area contributed by atoms with Crippen LogP contribution in [0.1, 0.15) is 71.1 Å². The smallest absolute Gasteiger partial charge is 0.201 e. The van der Waals surface area contributed by atoms with Crippen LogP contribution in [-0.2, 0) is 14.2 Å². The van der Waals surface area contributed by atoms with Crippen LogP contribution in [0, 0.1) is 35.5 Å². The molecule has 5 nitrogen and oxygen atoms in total. The van der Waals surface area contributed by atoms with Crippen molar-refractivity contribution >= 4 is 0 Å². The molecule has 3 aliphatic carbocycles. The Morgan fingerprint density at radius 3 is 2.52 bits per heavy atom. The Labute approximate surface area is 175 Å². The quantitative estimate of drug-likeness (QED) is 0.686. The normalized spacial score (nSPS) is 40.0. The fourth-order valence-electron chi connectivity index (χ4n) is 6.67. The van der Waals surface area contributed by atoms with Gasteiger partial charge in [-0.25, -0.2) is 0 Å². The molecule has 0 aromatic heterocycles. The lowest BCUT2D eigenvalue weighted by Crippen LogP contribution is -2.80. The summed E-state index contributed by atoms with van der Waals surface area (Å²) in [7, 11) is 1.74. The molecule has 1 heterocycles. The lowest BCUT2D eigenvalue weighted by molar-refractivity contribution is -0.417. The summed E-state index contributed by atoms with van der Waals surface area (Å²) < 4.78 is 18.6. The molecular formula is C24H38O5. The van der Waals surface area contributed by atoms with Crippen LogP contribution >= 0.6 is 0 Å². The van der Waals surface area contributed by atoms with Gasteiger partial charge in [-0.3, -0.25) is 0 Å². The molecule has 4 rings (SSSR count). The summed E-state index contributed by atoms with van der Waals surface area (Å²) >= 11 is 0. The first-order valence-electron chi connectivity index (χ1n) is 11.8. The van der Waals surface area contributed by atoms with Gasteiger partial charge in [0.25, 0.3) is 0 Å². The highest BCUT2D eigenvalue weighted by atomic mass is 16.8. The summed E-state index contributed by atoms with van der Waals surface area (Å²) in [6.07, 6.45) is 9.19. The molecule has 4 fully saturated rings. The van der Waals surface area contributed by atoms with Gasteiger partial charge in [-0.2, -0.15) is 0 Å². The predicted molar refractivity (Wildman–Crippen MR) is 110 cm³/mol. The summed E-state index contributed by atoms with van der Waals surface area (Å²) in [5.74, 6) is 6.10. The molecule has 6 atom stereocenters. The Bertz CT molecular complexity index is 612. The van der Waals surface area contributed by atoms with Gasteiger partial charge >= 0.3 is 0 Å². The monoisotopic (exact) mass is 406 g/mol. The summed E-state index contributed by atoms with van der Waals surface area (Å²) in [6, 6.07) is 0. The van der Waals surface area contributed by atoms with E-state index in [1.807, 2.05) is 0 Å². The fourth-order valence-corrected chi connectivity index (χ4v) is 6.67. The van der Waals surface area contributed by atoms with Crippen molar-refractivity contribution in [3.63, 3.8) is 0 Å². The molecule has 0 radical (unpaired) electrons. The molecule has 1 aliphatic heterocycles. The van der Waals surface area contributed by atoms with Crippen LogP contribution in [0.5, 0.6) is 0 Å². The average molecular weight is 407 g/mol. The van der Waals surface area contributed by atoms with E-state index in [2.05, 4.69) is 18.8 Å². The number of ether oxygens (including phenoxy) is 3. The second-order valence-corrected chi connectivity index (χ2v) is 9.50. The second-order valence-electron chi connectivity index (χ2n) is 9.50. The third kappa shape index (κ3) is 3.46. The topological polar surface area (TPSA) is 68.2 Å². The maximum absolute atomic E-state index is 10.9. The third-order valence-corrected chi connectivity index (χ3v) is 8.11. The van der Waals surface area contributed by atoms with E-state index in [0.717, 1.165) is 38.5 Å². The van der Waals surface area contributed by atoms with Gasteiger partial charge in [0.2, 0.25) is 5.79 Å². The molecular weight excluding hydrogens is 368 g/mol. The van der Waals surface area contributed by atoms with Crippen molar-refractivity contribution in [3.05, 3.63) is 0 Å². The minimum atomic E-state index is -0.691. The zero-order chi connectivity index (χ0) is 20.5. The van der Waals surface area contributed by atoms with E-state index in [1.165, 1.54) is 19.3 Å². The number of methoxy groups -OCH3 is 1. The van der Waals surface area contributed by atoms with Crippen molar-refractivity contribution < 1.29 is 24.4 Å². The maximum Gasteiger partial charge on any atom is 0.201 e. The van der Waals surface area contributed by atoms with Gasteiger partial charge in [-0.15, -0.1) is 0 Å². The molecule has 29 heavy (non-hydrogen) atoms. The number of rotatable bonds is 5. The molecule has 164 valence electrons. The summed E-state index contributed by atoms with van der Waals surface area (Å²) in [5, 5.41) is 21.5. The molecule has 0 bridgehead atoms. The zero-order valence-electron chi connectivity index (χ0n) is 18.1. The van der Waals surface area contributed by atoms with Crippen LogP contribution in [0.15, 0.2) is 0 Å². The SMILES string of the molecule is CCCCC1[C@@H]2[C@@H](C#C[C@@H](O)C3CCCCC3)[C@H](O)CC[C@]2(OC)C12OCCO2.